The fourth-order valence-corrected chi connectivity index (χ4v) is 1.95. The van der Waals surface area contributed by atoms with Gasteiger partial charge in [0.2, 0.25) is 0 Å². The van der Waals surface area contributed by atoms with Crippen LogP contribution in [0.25, 0.3) is 0 Å². The van der Waals surface area contributed by atoms with E-state index in [0.29, 0.717) is 6.61 Å². The van der Waals surface area contributed by atoms with E-state index in [1.807, 2.05) is 27.7 Å². The lowest BCUT2D eigenvalue weighted by molar-refractivity contribution is -0.146. The summed E-state index contributed by atoms with van der Waals surface area (Å²) in [6, 6.07) is -0.348. The zero-order valence-corrected chi connectivity index (χ0v) is 10.7. The molecular weight excluding hydrogens is 204 g/mol. The van der Waals surface area contributed by atoms with Crippen LogP contribution in [0.15, 0.2) is 0 Å². The molecule has 0 aliphatic carbocycles. The largest absolute Gasteiger partial charge is 0.464 e. The summed E-state index contributed by atoms with van der Waals surface area (Å²) in [7, 11) is 0. The van der Waals surface area contributed by atoms with Crippen molar-refractivity contribution in [2.24, 2.45) is 0 Å². The molecule has 0 radical (unpaired) electrons. The Kier molecular flexibility index (Phi) is 4.10. The molecule has 1 aromatic heterocycles. The van der Waals surface area contributed by atoms with Crippen LogP contribution in [0.3, 0.4) is 0 Å². The molecule has 0 saturated heterocycles. The zero-order valence-electron chi connectivity index (χ0n) is 10.7. The van der Waals surface area contributed by atoms with Crippen LogP contribution in [0.2, 0.25) is 0 Å². The number of nitrogens with zero attached hydrogens (tertiary/aromatic N) is 2. The number of aryl methyl sites for hydroxylation is 1. The highest BCUT2D eigenvalue weighted by Crippen LogP contribution is 2.18. The van der Waals surface area contributed by atoms with Gasteiger partial charge in [0.25, 0.3) is 0 Å². The van der Waals surface area contributed by atoms with Crippen molar-refractivity contribution >= 4 is 5.97 Å². The van der Waals surface area contributed by atoms with Crippen LogP contribution in [-0.4, -0.2) is 22.4 Å². The van der Waals surface area contributed by atoms with Crippen molar-refractivity contribution in [3.8, 4) is 0 Å². The molecule has 1 aromatic rings. The summed E-state index contributed by atoms with van der Waals surface area (Å²) in [5.41, 5.74) is 3.27. The van der Waals surface area contributed by atoms with E-state index in [4.69, 9.17) is 4.74 Å². The van der Waals surface area contributed by atoms with Crippen LogP contribution in [0.1, 0.15) is 43.8 Å². The molecule has 0 N–H and O–H groups in total. The molecule has 4 nitrogen and oxygen atoms in total. The normalized spacial score (nSPS) is 12.6. The van der Waals surface area contributed by atoms with Gasteiger partial charge < -0.3 is 4.74 Å². The zero-order chi connectivity index (χ0) is 12.3. The molecule has 0 fully saturated rings. The molecule has 0 aliphatic heterocycles. The summed E-state index contributed by atoms with van der Waals surface area (Å²) in [6.45, 7) is 10.1. The third-order valence-corrected chi connectivity index (χ3v) is 2.82. The average molecular weight is 224 g/mol. The Labute approximate surface area is 96.6 Å². The first-order chi connectivity index (χ1) is 7.52. The van der Waals surface area contributed by atoms with Crippen LogP contribution < -0.4 is 0 Å². The lowest BCUT2D eigenvalue weighted by Gasteiger charge is -2.13. The lowest BCUT2D eigenvalue weighted by Crippen LogP contribution is -2.21. The van der Waals surface area contributed by atoms with Crippen molar-refractivity contribution in [3.63, 3.8) is 0 Å². The first kappa shape index (κ1) is 12.7. The average Bonchev–Trinajstić information content (AvgIpc) is 2.53. The van der Waals surface area contributed by atoms with E-state index in [0.717, 1.165) is 17.8 Å². The van der Waals surface area contributed by atoms with E-state index in [1.165, 1.54) is 5.56 Å². The second kappa shape index (κ2) is 5.14. The molecule has 1 rings (SSSR count). The SMILES string of the molecule is CCOC(=O)[C@H](C)n1nc(C)c(CC)c1C. The fourth-order valence-electron chi connectivity index (χ4n) is 1.95. The van der Waals surface area contributed by atoms with Gasteiger partial charge in [-0.3, -0.25) is 4.68 Å². The van der Waals surface area contributed by atoms with Crippen molar-refractivity contribution < 1.29 is 9.53 Å². The summed E-state index contributed by atoms with van der Waals surface area (Å²) in [4.78, 5) is 11.6. The summed E-state index contributed by atoms with van der Waals surface area (Å²) in [5, 5.41) is 4.40. The highest BCUT2D eigenvalue weighted by molar-refractivity contribution is 5.73. The Morgan fingerprint density at radius 1 is 1.44 bits per heavy atom. The third-order valence-electron chi connectivity index (χ3n) is 2.82. The molecule has 4 heteroatoms. The number of esters is 1. The maximum Gasteiger partial charge on any atom is 0.330 e. The number of hydrogen-bond acceptors (Lipinski definition) is 3. The van der Waals surface area contributed by atoms with Crippen LogP contribution in [0, 0.1) is 13.8 Å². The topological polar surface area (TPSA) is 44.1 Å². The van der Waals surface area contributed by atoms with Crippen molar-refractivity contribution in [2.75, 3.05) is 6.61 Å². The first-order valence-electron chi connectivity index (χ1n) is 5.74. The van der Waals surface area contributed by atoms with Gasteiger partial charge in [-0.2, -0.15) is 5.10 Å². The molecule has 0 bridgehead atoms. The van der Waals surface area contributed by atoms with Gasteiger partial charge >= 0.3 is 5.97 Å². The van der Waals surface area contributed by atoms with E-state index in [9.17, 15) is 4.79 Å². The Balaban J connectivity index is 3.00. The van der Waals surface area contributed by atoms with Crippen molar-refractivity contribution in [2.45, 2.75) is 47.1 Å². The van der Waals surface area contributed by atoms with Gasteiger partial charge in [0.05, 0.1) is 12.3 Å². The van der Waals surface area contributed by atoms with Crippen molar-refractivity contribution in [1.29, 1.82) is 0 Å². The van der Waals surface area contributed by atoms with Crippen LogP contribution in [0.5, 0.6) is 0 Å². The maximum absolute atomic E-state index is 11.6. The molecule has 0 spiro atoms. The number of hydrogen-bond donors (Lipinski definition) is 0. The van der Waals surface area contributed by atoms with E-state index in [1.54, 1.807) is 4.68 Å². The minimum absolute atomic E-state index is 0.226. The molecule has 16 heavy (non-hydrogen) atoms. The van der Waals surface area contributed by atoms with E-state index < -0.39 is 0 Å². The molecule has 0 unspecified atom stereocenters. The van der Waals surface area contributed by atoms with Gasteiger partial charge in [-0.05, 0) is 39.7 Å². The number of aromatic nitrogens is 2. The lowest BCUT2D eigenvalue weighted by atomic mass is 10.1. The predicted octanol–water partition coefficient (Wildman–Crippen LogP) is 2.19. The van der Waals surface area contributed by atoms with E-state index >= 15 is 0 Å². The van der Waals surface area contributed by atoms with Gasteiger partial charge in [-0.1, -0.05) is 6.92 Å². The minimum atomic E-state index is -0.348. The van der Waals surface area contributed by atoms with E-state index in [-0.39, 0.29) is 12.0 Å². The summed E-state index contributed by atoms with van der Waals surface area (Å²) >= 11 is 0. The van der Waals surface area contributed by atoms with Gasteiger partial charge in [0, 0.05) is 5.69 Å². The summed E-state index contributed by atoms with van der Waals surface area (Å²) in [6.07, 6.45) is 0.938. The Hall–Kier alpha value is -1.32. The molecule has 90 valence electrons. The standard InChI is InChI=1S/C12H20N2O2/c1-6-11-8(3)13-14(9(11)4)10(5)12(15)16-7-2/h10H,6-7H2,1-5H3/t10-/m0/s1. The smallest absolute Gasteiger partial charge is 0.330 e. The minimum Gasteiger partial charge on any atom is -0.464 e. The van der Waals surface area contributed by atoms with Crippen molar-refractivity contribution in [1.82, 2.24) is 9.78 Å². The molecular formula is C12H20N2O2. The number of ether oxygens (including phenoxy) is 1. The monoisotopic (exact) mass is 224 g/mol. The third kappa shape index (κ3) is 2.26. The first-order valence-corrected chi connectivity index (χ1v) is 5.74. The molecule has 1 heterocycles. The van der Waals surface area contributed by atoms with Crippen LogP contribution >= 0.6 is 0 Å². The van der Waals surface area contributed by atoms with Gasteiger partial charge in [-0.25, -0.2) is 4.79 Å². The van der Waals surface area contributed by atoms with Crippen molar-refractivity contribution in [3.05, 3.63) is 17.0 Å². The highest BCUT2D eigenvalue weighted by Gasteiger charge is 2.21. The second-order valence-electron chi connectivity index (χ2n) is 3.88. The van der Waals surface area contributed by atoms with Crippen LogP contribution in [0.4, 0.5) is 0 Å². The molecule has 0 aliphatic rings. The predicted molar refractivity (Wildman–Crippen MR) is 62.4 cm³/mol. The summed E-state index contributed by atoms with van der Waals surface area (Å²) < 4.78 is 6.75. The van der Waals surface area contributed by atoms with Gasteiger partial charge in [-0.15, -0.1) is 0 Å². The Morgan fingerprint density at radius 2 is 2.06 bits per heavy atom. The number of rotatable bonds is 4. The fraction of sp³-hybridized carbons (Fsp3) is 0.667. The summed E-state index contributed by atoms with van der Waals surface area (Å²) in [5.74, 6) is -0.226. The highest BCUT2D eigenvalue weighted by atomic mass is 16.5. The Morgan fingerprint density at radius 3 is 2.50 bits per heavy atom. The van der Waals surface area contributed by atoms with Crippen LogP contribution in [-0.2, 0) is 16.0 Å². The quantitative estimate of drug-likeness (QED) is 0.736. The molecule has 1 atom stereocenters. The molecule has 0 amide bonds. The molecule has 0 saturated carbocycles. The van der Waals surface area contributed by atoms with E-state index in [2.05, 4.69) is 12.0 Å². The van der Waals surface area contributed by atoms with Gasteiger partial charge in [0.15, 0.2) is 0 Å². The van der Waals surface area contributed by atoms with Gasteiger partial charge in [0.1, 0.15) is 6.04 Å². The number of carbonyl (C=O) groups excluding carboxylic acids is 1. The Bertz CT molecular complexity index is 383. The molecule has 0 aromatic carbocycles. The number of carbonyl (C=O) groups is 1. The second-order valence-corrected chi connectivity index (χ2v) is 3.88. The maximum atomic E-state index is 11.6.